The topological polar surface area (TPSA) is 37.8 Å². The Hall–Kier alpha value is -1.42. The number of pyridine rings is 1. The molecular formula is C15H21N3S. The Morgan fingerprint density at radius 3 is 2.58 bits per heavy atom. The van der Waals surface area contributed by atoms with Gasteiger partial charge in [0.25, 0.3) is 0 Å². The van der Waals surface area contributed by atoms with E-state index in [2.05, 4.69) is 47.5 Å². The lowest BCUT2D eigenvalue weighted by Crippen LogP contribution is -2.12. The van der Waals surface area contributed by atoms with E-state index in [9.17, 15) is 0 Å². The first-order valence-electron chi connectivity index (χ1n) is 6.56. The summed E-state index contributed by atoms with van der Waals surface area (Å²) < 4.78 is 0. The van der Waals surface area contributed by atoms with Gasteiger partial charge in [-0.2, -0.15) is 0 Å². The van der Waals surface area contributed by atoms with Crippen molar-refractivity contribution in [3.05, 3.63) is 40.0 Å². The van der Waals surface area contributed by atoms with E-state index in [0.717, 1.165) is 29.5 Å². The van der Waals surface area contributed by atoms with Crippen LogP contribution in [0.4, 0.5) is 5.82 Å². The first-order valence-corrected chi connectivity index (χ1v) is 7.44. The third-order valence-electron chi connectivity index (χ3n) is 2.98. The van der Waals surface area contributed by atoms with Crippen LogP contribution in [0.3, 0.4) is 0 Å². The van der Waals surface area contributed by atoms with E-state index >= 15 is 0 Å². The van der Waals surface area contributed by atoms with Crippen LogP contribution in [-0.2, 0) is 11.8 Å². The molecule has 2 rings (SSSR count). The maximum atomic E-state index is 4.45. The SMILES string of the molecule is Cc1nc(CCNc2ccc(C(C)(C)C)cn2)cs1. The standard InChI is InChI=1S/C15H21N3S/c1-11-18-13(10-19-11)7-8-16-14-6-5-12(9-17-14)15(2,3)4/h5-6,9-10H,7-8H2,1-4H3,(H,16,17). The second-order valence-corrected chi connectivity index (χ2v) is 6.78. The molecule has 102 valence electrons. The van der Waals surface area contributed by atoms with Gasteiger partial charge in [0, 0.05) is 24.5 Å². The van der Waals surface area contributed by atoms with E-state index in [-0.39, 0.29) is 5.41 Å². The Labute approximate surface area is 119 Å². The third-order valence-corrected chi connectivity index (χ3v) is 3.81. The van der Waals surface area contributed by atoms with Gasteiger partial charge in [-0.15, -0.1) is 11.3 Å². The van der Waals surface area contributed by atoms with Crippen LogP contribution in [0.15, 0.2) is 23.7 Å². The molecule has 0 aliphatic heterocycles. The van der Waals surface area contributed by atoms with E-state index in [1.54, 1.807) is 11.3 Å². The van der Waals surface area contributed by atoms with E-state index in [4.69, 9.17) is 0 Å². The summed E-state index contributed by atoms with van der Waals surface area (Å²) in [6.07, 6.45) is 2.89. The molecule has 1 N–H and O–H groups in total. The highest BCUT2D eigenvalue weighted by Gasteiger charge is 2.13. The molecule has 2 aromatic heterocycles. The van der Waals surface area contributed by atoms with Crippen molar-refractivity contribution in [2.24, 2.45) is 0 Å². The summed E-state index contributed by atoms with van der Waals surface area (Å²) in [5, 5.41) is 6.58. The number of nitrogens with zero attached hydrogens (tertiary/aromatic N) is 2. The zero-order chi connectivity index (χ0) is 13.9. The molecular weight excluding hydrogens is 254 g/mol. The van der Waals surface area contributed by atoms with Crippen LogP contribution >= 0.6 is 11.3 Å². The average Bonchev–Trinajstić information content (AvgIpc) is 2.75. The van der Waals surface area contributed by atoms with Gasteiger partial charge in [0.2, 0.25) is 0 Å². The number of nitrogens with one attached hydrogen (secondary N) is 1. The normalized spacial score (nSPS) is 11.6. The summed E-state index contributed by atoms with van der Waals surface area (Å²) in [6.45, 7) is 9.49. The maximum absolute atomic E-state index is 4.45. The Balaban J connectivity index is 1.86. The molecule has 4 heteroatoms. The minimum Gasteiger partial charge on any atom is -0.370 e. The zero-order valence-electron chi connectivity index (χ0n) is 12.0. The predicted octanol–water partition coefficient (Wildman–Crippen LogP) is 3.80. The van der Waals surface area contributed by atoms with Gasteiger partial charge in [-0.25, -0.2) is 9.97 Å². The second-order valence-electron chi connectivity index (χ2n) is 5.72. The predicted molar refractivity (Wildman–Crippen MR) is 82.0 cm³/mol. The lowest BCUT2D eigenvalue weighted by atomic mass is 9.88. The van der Waals surface area contributed by atoms with Crippen molar-refractivity contribution in [1.29, 1.82) is 0 Å². The largest absolute Gasteiger partial charge is 0.370 e. The first kappa shape index (κ1) is 14.0. The number of anilines is 1. The quantitative estimate of drug-likeness (QED) is 0.922. The van der Waals surface area contributed by atoms with Crippen molar-refractivity contribution >= 4 is 17.2 Å². The van der Waals surface area contributed by atoms with Crippen molar-refractivity contribution in [2.45, 2.75) is 39.5 Å². The third kappa shape index (κ3) is 4.03. The molecule has 0 aliphatic carbocycles. The highest BCUT2D eigenvalue weighted by atomic mass is 32.1. The Morgan fingerprint density at radius 2 is 2.05 bits per heavy atom. The first-order chi connectivity index (χ1) is 8.95. The highest BCUT2D eigenvalue weighted by molar-refractivity contribution is 7.09. The molecule has 3 nitrogen and oxygen atoms in total. The van der Waals surface area contributed by atoms with Crippen LogP contribution < -0.4 is 5.32 Å². The molecule has 2 aromatic rings. The number of rotatable bonds is 4. The number of aromatic nitrogens is 2. The zero-order valence-corrected chi connectivity index (χ0v) is 12.8. The summed E-state index contributed by atoms with van der Waals surface area (Å²) in [4.78, 5) is 8.90. The Bertz CT molecular complexity index is 523. The molecule has 0 amide bonds. The summed E-state index contributed by atoms with van der Waals surface area (Å²) in [7, 11) is 0. The van der Waals surface area contributed by atoms with Gasteiger partial charge in [0.15, 0.2) is 0 Å². The van der Waals surface area contributed by atoms with Gasteiger partial charge in [-0.3, -0.25) is 0 Å². The fourth-order valence-electron chi connectivity index (χ4n) is 1.78. The summed E-state index contributed by atoms with van der Waals surface area (Å²) in [6, 6.07) is 4.19. The molecule has 0 saturated heterocycles. The summed E-state index contributed by atoms with van der Waals surface area (Å²) in [5.41, 5.74) is 2.57. The smallest absolute Gasteiger partial charge is 0.125 e. The lowest BCUT2D eigenvalue weighted by molar-refractivity contribution is 0.587. The number of aryl methyl sites for hydroxylation is 1. The molecule has 2 heterocycles. The monoisotopic (exact) mass is 275 g/mol. The molecule has 0 radical (unpaired) electrons. The van der Waals surface area contributed by atoms with E-state index in [1.807, 2.05) is 19.2 Å². The Kier molecular flexibility index (Phi) is 4.20. The second kappa shape index (κ2) is 5.70. The van der Waals surface area contributed by atoms with Crippen LogP contribution in [-0.4, -0.2) is 16.5 Å². The van der Waals surface area contributed by atoms with Crippen molar-refractivity contribution in [3.63, 3.8) is 0 Å². The van der Waals surface area contributed by atoms with Gasteiger partial charge >= 0.3 is 0 Å². The van der Waals surface area contributed by atoms with Crippen LogP contribution in [0.25, 0.3) is 0 Å². The van der Waals surface area contributed by atoms with E-state index < -0.39 is 0 Å². The van der Waals surface area contributed by atoms with Crippen molar-refractivity contribution in [2.75, 3.05) is 11.9 Å². The highest BCUT2D eigenvalue weighted by Crippen LogP contribution is 2.21. The van der Waals surface area contributed by atoms with Crippen molar-refractivity contribution in [3.8, 4) is 0 Å². The van der Waals surface area contributed by atoms with Gasteiger partial charge in [-0.1, -0.05) is 26.8 Å². The van der Waals surface area contributed by atoms with Crippen LogP contribution in [0.1, 0.15) is 37.0 Å². The molecule has 0 unspecified atom stereocenters. The molecule has 0 aliphatic rings. The molecule has 0 bridgehead atoms. The number of thiazole rings is 1. The minimum atomic E-state index is 0.156. The summed E-state index contributed by atoms with van der Waals surface area (Å²) in [5.74, 6) is 0.931. The molecule has 0 saturated carbocycles. The van der Waals surface area contributed by atoms with Crippen LogP contribution in [0.5, 0.6) is 0 Å². The van der Waals surface area contributed by atoms with E-state index in [0.29, 0.717) is 0 Å². The fourth-order valence-corrected chi connectivity index (χ4v) is 2.43. The number of hydrogen-bond donors (Lipinski definition) is 1. The molecule has 19 heavy (non-hydrogen) atoms. The molecule has 0 fully saturated rings. The van der Waals surface area contributed by atoms with Gasteiger partial charge in [-0.05, 0) is 24.0 Å². The molecule has 0 spiro atoms. The fraction of sp³-hybridized carbons (Fsp3) is 0.467. The van der Waals surface area contributed by atoms with Gasteiger partial charge in [0.05, 0.1) is 10.7 Å². The lowest BCUT2D eigenvalue weighted by Gasteiger charge is -2.18. The average molecular weight is 275 g/mol. The minimum absolute atomic E-state index is 0.156. The van der Waals surface area contributed by atoms with Crippen molar-refractivity contribution < 1.29 is 0 Å². The van der Waals surface area contributed by atoms with Crippen LogP contribution in [0, 0.1) is 6.92 Å². The van der Waals surface area contributed by atoms with Gasteiger partial charge in [0.1, 0.15) is 5.82 Å². The van der Waals surface area contributed by atoms with Gasteiger partial charge < -0.3 is 5.32 Å². The van der Waals surface area contributed by atoms with E-state index in [1.165, 1.54) is 5.56 Å². The molecule has 0 aromatic carbocycles. The summed E-state index contributed by atoms with van der Waals surface area (Å²) >= 11 is 1.70. The number of hydrogen-bond acceptors (Lipinski definition) is 4. The molecule has 0 atom stereocenters. The maximum Gasteiger partial charge on any atom is 0.125 e. The Morgan fingerprint density at radius 1 is 1.26 bits per heavy atom. The van der Waals surface area contributed by atoms with Crippen molar-refractivity contribution in [1.82, 2.24) is 9.97 Å². The van der Waals surface area contributed by atoms with Crippen LogP contribution in [0.2, 0.25) is 0 Å².